The molecule has 0 unspecified atom stereocenters. The number of hydrogen-bond acceptors (Lipinski definition) is 6. The Kier molecular flexibility index (Phi) is 3.85. The average Bonchev–Trinajstić information content (AvgIpc) is 3.03. The van der Waals surface area contributed by atoms with Crippen molar-refractivity contribution in [1.29, 1.82) is 0 Å². The van der Waals surface area contributed by atoms with Crippen LogP contribution in [0.3, 0.4) is 0 Å². The quantitative estimate of drug-likeness (QED) is 0.294. The van der Waals surface area contributed by atoms with Gasteiger partial charge in [-0.3, -0.25) is 19.7 Å². The van der Waals surface area contributed by atoms with Gasteiger partial charge in [-0.1, -0.05) is 12.1 Å². The zero-order chi connectivity index (χ0) is 20.8. The first-order chi connectivity index (χ1) is 14.5. The van der Waals surface area contributed by atoms with E-state index in [4.69, 9.17) is 0 Å². The van der Waals surface area contributed by atoms with Crippen LogP contribution in [0.1, 0.15) is 20.7 Å². The molecule has 0 aliphatic carbocycles. The van der Waals surface area contributed by atoms with E-state index in [-0.39, 0.29) is 11.5 Å². The van der Waals surface area contributed by atoms with Crippen LogP contribution >= 0.6 is 0 Å². The normalized spacial score (nSPS) is 13.0. The van der Waals surface area contributed by atoms with E-state index in [2.05, 4.69) is 9.97 Å². The number of pyridine rings is 2. The molecule has 0 saturated heterocycles. The van der Waals surface area contributed by atoms with Crippen LogP contribution in [0.2, 0.25) is 0 Å². The molecular weight excluding hydrogens is 384 g/mol. The van der Waals surface area contributed by atoms with E-state index in [1.54, 1.807) is 54.7 Å². The predicted octanol–water partition coefficient (Wildman–Crippen LogP) is 4.01. The van der Waals surface area contributed by atoms with Crippen LogP contribution in [0.5, 0.6) is 0 Å². The van der Waals surface area contributed by atoms with Crippen LogP contribution in [0.4, 0.5) is 11.5 Å². The summed E-state index contributed by atoms with van der Waals surface area (Å²) < 4.78 is 0. The van der Waals surface area contributed by atoms with Gasteiger partial charge in [0.1, 0.15) is 0 Å². The number of benzene rings is 2. The summed E-state index contributed by atoms with van der Waals surface area (Å²) in [6.45, 7) is 0. The second-order valence-corrected chi connectivity index (χ2v) is 6.70. The largest absolute Gasteiger partial charge is 0.269 e. The second-order valence-electron chi connectivity index (χ2n) is 6.70. The van der Waals surface area contributed by atoms with Gasteiger partial charge in [-0.05, 0) is 48.0 Å². The lowest BCUT2D eigenvalue weighted by molar-refractivity contribution is -0.384. The maximum atomic E-state index is 13.0. The van der Waals surface area contributed by atoms with Gasteiger partial charge >= 0.3 is 0 Å². The number of carbonyl (C=O) groups excluding carboxylic acids is 2. The molecular formula is C22H12N4O4. The summed E-state index contributed by atoms with van der Waals surface area (Å²) >= 11 is 0. The Morgan fingerprint density at radius 1 is 0.833 bits per heavy atom. The molecule has 30 heavy (non-hydrogen) atoms. The highest BCUT2D eigenvalue weighted by Gasteiger charge is 2.38. The third kappa shape index (κ3) is 2.62. The average molecular weight is 396 g/mol. The summed E-state index contributed by atoms with van der Waals surface area (Å²) in [6, 6.07) is 17.8. The number of amides is 2. The molecule has 2 amide bonds. The number of aromatic nitrogens is 2. The highest BCUT2D eigenvalue weighted by Crippen LogP contribution is 2.36. The number of rotatable bonds is 3. The molecule has 1 aliphatic heterocycles. The van der Waals surface area contributed by atoms with Crippen LogP contribution < -0.4 is 4.90 Å². The van der Waals surface area contributed by atoms with E-state index in [1.165, 1.54) is 12.1 Å². The molecule has 0 bridgehead atoms. The van der Waals surface area contributed by atoms with Crippen molar-refractivity contribution in [3.8, 4) is 11.1 Å². The van der Waals surface area contributed by atoms with E-state index in [1.807, 2.05) is 6.07 Å². The smallest absolute Gasteiger partial charge is 0.268 e. The summed E-state index contributed by atoms with van der Waals surface area (Å²) in [6.07, 6.45) is 1.58. The van der Waals surface area contributed by atoms with Gasteiger partial charge < -0.3 is 0 Å². The van der Waals surface area contributed by atoms with E-state index >= 15 is 0 Å². The van der Waals surface area contributed by atoms with Gasteiger partial charge in [0.2, 0.25) is 0 Å². The predicted molar refractivity (Wildman–Crippen MR) is 109 cm³/mol. The molecule has 0 saturated carbocycles. The lowest BCUT2D eigenvalue weighted by Gasteiger charge is -2.18. The van der Waals surface area contributed by atoms with Crippen LogP contribution in [0, 0.1) is 10.1 Å². The SMILES string of the molecule is O=C1c2ccccc2C(=O)N1c1nc2ncccc2cc1-c1ccc([N+](=O)[O-])cc1. The first-order valence-electron chi connectivity index (χ1n) is 9.03. The fourth-order valence-electron chi connectivity index (χ4n) is 3.52. The minimum Gasteiger partial charge on any atom is -0.268 e. The zero-order valence-electron chi connectivity index (χ0n) is 15.4. The van der Waals surface area contributed by atoms with Crippen LogP contribution in [-0.4, -0.2) is 26.7 Å². The minimum absolute atomic E-state index is 0.0588. The Labute approximate surface area is 169 Å². The molecule has 0 N–H and O–H groups in total. The van der Waals surface area contributed by atoms with Crippen LogP contribution in [-0.2, 0) is 0 Å². The monoisotopic (exact) mass is 396 g/mol. The number of non-ortho nitro benzene ring substituents is 1. The van der Waals surface area contributed by atoms with Gasteiger partial charge in [0.15, 0.2) is 11.5 Å². The fraction of sp³-hybridized carbons (Fsp3) is 0. The van der Waals surface area contributed by atoms with Crippen molar-refractivity contribution < 1.29 is 14.5 Å². The van der Waals surface area contributed by atoms with Crippen molar-refractivity contribution in [3.63, 3.8) is 0 Å². The van der Waals surface area contributed by atoms with E-state index in [0.717, 1.165) is 4.90 Å². The fourth-order valence-corrected chi connectivity index (χ4v) is 3.52. The molecule has 0 atom stereocenters. The number of anilines is 1. The Balaban J connectivity index is 1.73. The van der Waals surface area contributed by atoms with Crippen molar-refractivity contribution in [2.45, 2.75) is 0 Å². The first-order valence-corrected chi connectivity index (χ1v) is 9.03. The van der Waals surface area contributed by atoms with E-state index in [0.29, 0.717) is 33.3 Å². The Morgan fingerprint density at radius 3 is 2.13 bits per heavy atom. The number of imide groups is 1. The van der Waals surface area contributed by atoms with Crippen molar-refractivity contribution in [3.05, 3.63) is 94.2 Å². The van der Waals surface area contributed by atoms with E-state index < -0.39 is 16.7 Å². The maximum Gasteiger partial charge on any atom is 0.269 e. The number of fused-ring (bicyclic) bond motifs is 2. The number of hydrogen-bond donors (Lipinski definition) is 0. The van der Waals surface area contributed by atoms with Gasteiger partial charge in [0.25, 0.3) is 17.5 Å². The number of nitro groups is 1. The Hall–Kier alpha value is -4.46. The summed E-state index contributed by atoms with van der Waals surface area (Å²) in [5.74, 6) is -0.802. The lowest BCUT2D eigenvalue weighted by atomic mass is 10.0. The summed E-state index contributed by atoms with van der Waals surface area (Å²) in [5.41, 5.74) is 2.02. The third-order valence-electron chi connectivity index (χ3n) is 4.96. The van der Waals surface area contributed by atoms with Crippen molar-refractivity contribution in [2.24, 2.45) is 0 Å². The summed E-state index contributed by atoms with van der Waals surface area (Å²) in [5, 5.41) is 11.7. The number of nitrogens with zero attached hydrogens (tertiary/aromatic N) is 4. The third-order valence-corrected chi connectivity index (χ3v) is 4.96. The summed E-state index contributed by atoms with van der Waals surface area (Å²) in [7, 11) is 0. The number of nitro benzene ring substituents is 1. The molecule has 2 aromatic carbocycles. The Bertz CT molecular complexity index is 1330. The van der Waals surface area contributed by atoms with Crippen molar-refractivity contribution in [1.82, 2.24) is 9.97 Å². The molecule has 5 rings (SSSR count). The molecule has 0 fully saturated rings. The Morgan fingerprint density at radius 2 is 1.50 bits per heavy atom. The minimum atomic E-state index is -0.489. The van der Waals surface area contributed by atoms with Crippen molar-refractivity contribution in [2.75, 3.05) is 4.90 Å². The molecule has 3 heterocycles. The second kappa shape index (κ2) is 6.56. The van der Waals surface area contributed by atoms with Gasteiger partial charge in [-0.2, -0.15) is 0 Å². The molecule has 4 aromatic rings. The standard InChI is InChI=1S/C22H12N4O4/c27-21-16-5-1-2-6-17(16)22(28)25(21)20-18(12-14-4-3-11-23-19(14)24-20)13-7-9-15(10-8-13)26(29)30/h1-12H. The van der Waals surface area contributed by atoms with Gasteiger partial charge in [0.05, 0.1) is 16.1 Å². The lowest BCUT2D eigenvalue weighted by Crippen LogP contribution is -2.30. The zero-order valence-corrected chi connectivity index (χ0v) is 15.4. The molecule has 8 heteroatoms. The summed E-state index contributed by atoms with van der Waals surface area (Å²) in [4.78, 5) is 46.3. The van der Waals surface area contributed by atoms with Crippen LogP contribution in [0.25, 0.3) is 22.2 Å². The molecule has 144 valence electrons. The van der Waals surface area contributed by atoms with Gasteiger partial charge in [0, 0.05) is 29.3 Å². The van der Waals surface area contributed by atoms with Crippen molar-refractivity contribution >= 4 is 34.4 Å². The van der Waals surface area contributed by atoms with Gasteiger partial charge in [-0.25, -0.2) is 14.9 Å². The number of carbonyl (C=O) groups is 2. The molecule has 1 aliphatic rings. The molecule has 8 nitrogen and oxygen atoms in total. The maximum absolute atomic E-state index is 13.0. The molecule has 2 aromatic heterocycles. The molecule has 0 spiro atoms. The van der Waals surface area contributed by atoms with E-state index in [9.17, 15) is 19.7 Å². The van der Waals surface area contributed by atoms with Gasteiger partial charge in [-0.15, -0.1) is 0 Å². The molecule has 0 radical (unpaired) electrons. The van der Waals surface area contributed by atoms with Crippen LogP contribution in [0.15, 0.2) is 72.9 Å². The topological polar surface area (TPSA) is 106 Å². The highest BCUT2D eigenvalue weighted by atomic mass is 16.6. The first kappa shape index (κ1) is 17.6. The highest BCUT2D eigenvalue weighted by molar-refractivity contribution is 6.35.